The van der Waals surface area contributed by atoms with Gasteiger partial charge in [-0.2, -0.15) is 5.10 Å². The highest BCUT2D eigenvalue weighted by molar-refractivity contribution is 9.10. The van der Waals surface area contributed by atoms with E-state index in [1.54, 1.807) is 17.6 Å². The molecule has 3 heterocycles. The Bertz CT molecular complexity index is 1020. The first kappa shape index (κ1) is 18.0. The Morgan fingerprint density at radius 1 is 1.37 bits per heavy atom. The third kappa shape index (κ3) is 4.00. The fraction of sp³-hybridized carbons (Fsp3) is 0.222. The number of halogens is 1. The van der Waals surface area contributed by atoms with Crippen LogP contribution in [0, 0.1) is 0 Å². The minimum Gasteiger partial charge on any atom is -0.480 e. The molecule has 0 saturated heterocycles. The maximum atomic E-state index is 11.0. The molecule has 0 spiro atoms. The molecule has 3 aromatic rings. The first-order valence-corrected chi connectivity index (χ1v) is 9.95. The molecule has 9 heteroatoms. The normalized spacial score (nSPS) is 14.6. The predicted molar refractivity (Wildman–Crippen MR) is 109 cm³/mol. The van der Waals surface area contributed by atoms with Gasteiger partial charge in [0.05, 0.1) is 18.1 Å². The maximum absolute atomic E-state index is 11.0. The van der Waals surface area contributed by atoms with E-state index in [-0.39, 0.29) is 6.54 Å². The van der Waals surface area contributed by atoms with Crippen molar-refractivity contribution in [2.75, 3.05) is 18.5 Å². The summed E-state index contributed by atoms with van der Waals surface area (Å²) >= 11 is 5.01. The maximum Gasteiger partial charge on any atom is 0.317 e. The molecule has 4 rings (SSSR count). The molecule has 0 unspecified atom stereocenters. The van der Waals surface area contributed by atoms with Gasteiger partial charge >= 0.3 is 5.97 Å². The SMILES string of the molecule is O=C(O)CN1CCc2c(sc3ncnc(N/N=C/c4ccc(Br)cc4)c23)C1. The van der Waals surface area contributed by atoms with Crippen molar-refractivity contribution in [3.63, 3.8) is 0 Å². The Hall–Kier alpha value is -2.36. The summed E-state index contributed by atoms with van der Waals surface area (Å²) in [5.41, 5.74) is 5.21. The highest BCUT2D eigenvalue weighted by Gasteiger charge is 2.24. The third-order valence-electron chi connectivity index (χ3n) is 4.33. The van der Waals surface area contributed by atoms with Crippen molar-refractivity contribution in [1.82, 2.24) is 14.9 Å². The number of carboxylic acid groups (broad SMARTS) is 1. The van der Waals surface area contributed by atoms with Crippen molar-refractivity contribution in [1.29, 1.82) is 0 Å². The molecule has 0 aliphatic carbocycles. The minimum atomic E-state index is -0.802. The van der Waals surface area contributed by atoms with E-state index < -0.39 is 5.97 Å². The lowest BCUT2D eigenvalue weighted by Crippen LogP contribution is -2.34. The number of nitrogens with one attached hydrogen (secondary N) is 1. The minimum absolute atomic E-state index is 0.0575. The number of carboxylic acids is 1. The topological polar surface area (TPSA) is 90.7 Å². The number of hydrazone groups is 1. The second-order valence-electron chi connectivity index (χ2n) is 6.18. The first-order valence-electron chi connectivity index (χ1n) is 8.34. The van der Waals surface area contributed by atoms with Crippen molar-refractivity contribution in [2.45, 2.75) is 13.0 Å². The van der Waals surface area contributed by atoms with Gasteiger partial charge in [-0.3, -0.25) is 15.1 Å². The summed E-state index contributed by atoms with van der Waals surface area (Å²) in [5, 5.41) is 14.3. The Morgan fingerprint density at radius 3 is 2.96 bits per heavy atom. The van der Waals surface area contributed by atoms with Gasteiger partial charge < -0.3 is 5.11 Å². The average molecular weight is 446 g/mol. The molecule has 27 heavy (non-hydrogen) atoms. The molecule has 0 fully saturated rings. The van der Waals surface area contributed by atoms with Crippen LogP contribution in [0.3, 0.4) is 0 Å². The second kappa shape index (κ2) is 7.71. The Balaban J connectivity index is 1.58. The zero-order valence-electron chi connectivity index (χ0n) is 14.2. The van der Waals surface area contributed by atoms with Crippen molar-refractivity contribution >= 4 is 55.5 Å². The average Bonchev–Trinajstić information content (AvgIpc) is 3.01. The second-order valence-corrected chi connectivity index (χ2v) is 8.18. The highest BCUT2D eigenvalue weighted by atomic mass is 79.9. The first-order chi connectivity index (χ1) is 13.1. The fourth-order valence-corrected chi connectivity index (χ4v) is 4.60. The molecule has 1 aromatic carbocycles. The summed E-state index contributed by atoms with van der Waals surface area (Å²) in [4.78, 5) is 23.7. The van der Waals surface area contributed by atoms with E-state index in [2.05, 4.69) is 36.4 Å². The van der Waals surface area contributed by atoms with Crippen molar-refractivity contribution in [2.24, 2.45) is 5.10 Å². The number of carbonyl (C=O) groups is 1. The van der Waals surface area contributed by atoms with Gasteiger partial charge in [0, 0.05) is 22.4 Å². The number of fused-ring (bicyclic) bond motifs is 3. The molecule has 0 atom stereocenters. The van der Waals surface area contributed by atoms with Crippen LogP contribution >= 0.6 is 27.3 Å². The summed E-state index contributed by atoms with van der Waals surface area (Å²) in [6.45, 7) is 1.40. The number of anilines is 1. The van der Waals surface area contributed by atoms with E-state index in [0.29, 0.717) is 18.9 Å². The molecular formula is C18H16BrN5O2S. The van der Waals surface area contributed by atoms with E-state index in [0.717, 1.165) is 31.6 Å². The standard InChI is InChI=1S/C18H16BrN5O2S/c19-12-3-1-11(2-4-12)7-22-23-17-16-13-5-6-24(9-15(25)26)8-14(13)27-18(16)21-10-20-17/h1-4,7,10H,5-6,8-9H2,(H,25,26)(H,20,21,23)/b22-7+. The van der Waals surface area contributed by atoms with Crippen molar-refractivity contribution in [3.05, 3.63) is 51.1 Å². The number of benzene rings is 1. The van der Waals surface area contributed by atoms with Gasteiger partial charge in [-0.1, -0.05) is 28.1 Å². The summed E-state index contributed by atoms with van der Waals surface area (Å²) in [5.74, 6) is -0.124. The number of thiophene rings is 1. The van der Waals surface area contributed by atoms with Crippen LogP contribution in [0.1, 0.15) is 16.0 Å². The van der Waals surface area contributed by atoms with Gasteiger partial charge in [-0.05, 0) is 29.7 Å². The Kier molecular flexibility index (Phi) is 5.15. The van der Waals surface area contributed by atoms with Crippen molar-refractivity contribution in [3.8, 4) is 0 Å². The molecule has 0 saturated carbocycles. The summed E-state index contributed by atoms with van der Waals surface area (Å²) in [6, 6.07) is 7.85. The Morgan fingerprint density at radius 2 is 2.19 bits per heavy atom. The molecule has 2 N–H and O–H groups in total. The van der Waals surface area contributed by atoms with Gasteiger partial charge in [0.2, 0.25) is 0 Å². The van der Waals surface area contributed by atoms with E-state index in [4.69, 9.17) is 5.11 Å². The number of nitrogens with zero attached hydrogens (tertiary/aromatic N) is 4. The van der Waals surface area contributed by atoms with Crippen LogP contribution in [0.15, 0.2) is 40.2 Å². The zero-order valence-corrected chi connectivity index (χ0v) is 16.6. The summed E-state index contributed by atoms with van der Waals surface area (Å²) < 4.78 is 1.02. The molecule has 0 amide bonds. The number of hydrogen-bond donors (Lipinski definition) is 2. The lowest BCUT2D eigenvalue weighted by atomic mass is 10.1. The molecule has 0 bridgehead atoms. The number of aromatic nitrogens is 2. The summed E-state index contributed by atoms with van der Waals surface area (Å²) in [6.07, 6.45) is 4.05. The molecule has 138 valence electrons. The highest BCUT2D eigenvalue weighted by Crippen LogP contribution is 2.37. The van der Waals surface area contributed by atoms with E-state index >= 15 is 0 Å². The van der Waals surface area contributed by atoms with Crippen molar-refractivity contribution < 1.29 is 9.90 Å². The van der Waals surface area contributed by atoms with Gasteiger partial charge in [0.15, 0.2) is 5.82 Å². The molecule has 2 aromatic heterocycles. The summed E-state index contributed by atoms with van der Waals surface area (Å²) in [7, 11) is 0. The number of hydrogen-bond acceptors (Lipinski definition) is 7. The van der Waals surface area contributed by atoms with E-state index in [1.165, 1.54) is 11.9 Å². The lowest BCUT2D eigenvalue weighted by molar-refractivity contribution is -0.138. The number of aliphatic carboxylic acids is 1. The van der Waals surface area contributed by atoms with Crippen LogP contribution in [0.4, 0.5) is 5.82 Å². The number of rotatable bonds is 5. The van der Waals surface area contributed by atoms with E-state index in [9.17, 15) is 4.79 Å². The van der Waals surface area contributed by atoms with E-state index in [1.807, 2.05) is 29.2 Å². The zero-order chi connectivity index (χ0) is 18.8. The van der Waals surface area contributed by atoms with Crippen LogP contribution in [0.25, 0.3) is 10.2 Å². The van der Waals surface area contributed by atoms with Crippen LogP contribution in [0.2, 0.25) is 0 Å². The molecular weight excluding hydrogens is 430 g/mol. The molecule has 1 aliphatic rings. The smallest absolute Gasteiger partial charge is 0.317 e. The van der Waals surface area contributed by atoms with Gasteiger partial charge in [-0.25, -0.2) is 9.97 Å². The molecule has 7 nitrogen and oxygen atoms in total. The fourth-order valence-electron chi connectivity index (χ4n) is 3.11. The monoisotopic (exact) mass is 445 g/mol. The largest absolute Gasteiger partial charge is 0.480 e. The van der Waals surface area contributed by atoms with Gasteiger partial charge in [0.25, 0.3) is 0 Å². The van der Waals surface area contributed by atoms with Crippen LogP contribution in [-0.4, -0.2) is 45.2 Å². The quantitative estimate of drug-likeness (QED) is 0.462. The predicted octanol–water partition coefficient (Wildman–Crippen LogP) is 3.34. The molecule has 1 aliphatic heterocycles. The molecule has 0 radical (unpaired) electrons. The Labute approximate surface area is 167 Å². The van der Waals surface area contributed by atoms with Gasteiger partial charge in [0.1, 0.15) is 11.2 Å². The lowest BCUT2D eigenvalue weighted by Gasteiger charge is -2.25. The third-order valence-corrected chi connectivity index (χ3v) is 5.98. The van der Waals surface area contributed by atoms with Crippen LogP contribution in [0.5, 0.6) is 0 Å². The van der Waals surface area contributed by atoms with Crippen LogP contribution < -0.4 is 5.43 Å². The van der Waals surface area contributed by atoms with Crippen LogP contribution in [-0.2, 0) is 17.8 Å². The van der Waals surface area contributed by atoms with Gasteiger partial charge in [-0.15, -0.1) is 11.3 Å².